The number of rotatable bonds is 26. The lowest BCUT2D eigenvalue weighted by Crippen LogP contribution is -2.54. The summed E-state index contributed by atoms with van der Waals surface area (Å²) in [6, 6.07) is -1.21. The van der Waals surface area contributed by atoms with Crippen LogP contribution >= 0.6 is 0 Å². The number of carbonyl (C=O) groups excluding carboxylic acids is 5. The van der Waals surface area contributed by atoms with Crippen molar-refractivity contribution in [1.82, 2.24) is 26.2 Å². The average Bonchev–Trinajstić information content (AvgIpc) is 3.01. The van der Waals surface area contributed by atoms with Crippen molar-refractivity contribution in [2.45, 2.75) is 77.0 Å². The highest BCUT2D eigenvalue weighted by molar-refractivity contribution is 6.61. The van der Waals surface area contributed by atoms with Crippen molar-refractivity contribution >= 4 is 39.1 Å². The minimum absolute atomic E-state index is 0.148. The van der Waals surface area contributed by atoms with Crippen LogP contribution in [0.3, 0.4) is 0 Å². The van der Waals surface area contributed by atoms with Gasteiger partial charge in [-0.2, -0.15) is 0 Å². The fourth-order valence-corrected chi connectivity index (χ4v) is 5.28. The normalized spacial score (nSPS) is 10.7. The van der Waals surface area contributed by atoms with Crippen LogP contribution in [-0.2, 0) is 22.9 Å². The third-order valence-electron chi connectivity index (χ3n) is 6.56. The minimum Gasteiger partial charge on any atom is -0.376 e. The zero-order valence-electron chi connectivity index (χ0n) is 26.0. The zero-order chi connectivity index (χ0) is 32.0. The van der Waals surface area contributed by atoms with E-state index in [1.54, 1.807) is 0 Å². The molecule has 246 valence electrons. The maximum atomic E-state index is 12.8. The predicted octanol–water partition coefficient (Wildman–Crippen LogP) is 2.78. The third kappa shape index (κ3) is 21.2. The lowest BCUT2D eigenvalue weighted by atomic mass is 10.2. The van der Waals surface area contributed by atoms with Crippen LogP contribution in [0.5, 0.6) is 0 Å². The van der Waals surface area contributed by atoms with Gasteiger partial charge in [0.25, 0.3) is 0 Å². The molecule has 0 bridgehead atoms. The highest BCUT2D eigenvalue weighted by atomic mass is 28.4. The second kappa shape index (κ2) is 27.7. The summed E-state index contributed by atoms with van der Waals surface area (Å²) in [6.07, 6.45) is 12.8. The van der Waals surface area contributed by atoms with E-state index in [2.05, 4.69) is 31.3 Å². The molecule has 0 fully saturated rings. The SMILES string of the molecule is CO[Si](CNC(=O)NCCCCCCN(C(=O)NCCCCCCN=C=O)C(=O)NCCCCCCN=C=O)(OC)OC. The summed E-state index contributed by atoms with van der Waals surface area (Å²) >= 11 is 0. The van der Waals surface area contributed by atoms with Crippen LogP contribution in [0.2, 0.25) is 0 Å². The molecule has 0 aromatic rings. The molecule has 0 aliphatic carbocycles. The van der Waals surface area contributed by atoms with E-state index in [0.29, 0.717) is 39.1 Å². The van der Waals surface area contributed by atoms with Gasteiger partial charge in [-0.25, -0.2) is 38.9 Å². The summed E-state index contributed by atoms with van der Waals surface area (Å²) < 4.78 is 15.8. The average molecular weight is 630 g/mol. The summed E-state index contributed by atoms with van der Waals surface area (Å²) in [5.41, 5.74) is 0. The van der Waals surface area contributed by atoms with Gasteiger partial charge in [0.1, 0.15) is 0 Å². The third-order valence-corrected chi connectivity index (χ3v) is 9.03. The van der Waals surface area contributed by atoms with Crippen LogP contribution in [0.1, 0.15) is 77.0 Å². The molecule has 15 nitrogen and oxygen atoms in total. The zero-order valence-corrected chi connectivity index (χ0v) is 27.0. The van der Waals surface area contributed by atoms with Crippen molar-refractivity contribution in [2.24, 2.45) is 9.98 Å². The maximum absolute atomic E-state index is 12.8. The number of urea groups is 3. The monoisotopic (exact) mass is 629 g/mol. The molecule has 6 amide bonds. The quantitative estimate of drug-likeness (QED) is 0.0486. The summed E-state index contributed by atoms with van der Waals surface area (Å²) in [7, 11) is 1.54. The highest BCUT2D eigenvalue weighted by Crippen LogP contribution is 2.06. The molecule has 0 spiro atoms. The Hall–Kier alpha value is -3.13. The summed E-state index contributed by atoms with van der Waals surface area (Å²) in [5.74, 6) is 0. The fraction of sp³-hybridized carbons (Fsp3) is 0.815. The van der Waals surface area contributed by atoms with E-state index in [4.69, 9.17) is 13.3 Å². The lowest BCUT2D eigenvalue weighted by molar-refractivity contribution is 0.122. The number of aliphatic imine (C=N–C) groups is 2. The number of hydrogen-bond donors (Lipinski definition) is 4. The molecule has 0 aliphatic rings. The number of nitrogens with one attached hydrogen (secondary N) is 4. The molecule has 0 aromatic heterocycles. The highest BCUT2D eigenvalue weighted by Gasteiger charge is 2.38. The maximum Gasteiger partial charge on any atom is 0.520 e. The number of unbranched alkanes of at least 4 members (excludes halogenated alkanes) is 9. The number of isocyanates is 2. The molecular formula is C27H51N7O8Si. The molecule has 0 saturated heterocycles. The molecule has 0 saturated carbocycles. The second-order valence-electron chi connectivity index (χ2n) is 9.71. The van der Waals surface area contributed by atoms with Gasteiger partial charge in [0.15, 0.2) is 0 Å². The Morgan fingerprint density at radius 3 is 1.47 bits per heavy atom. The van der Waals surface area contributed by atoms with Crippen LogP contribution in [0, 0.1) is 0 Å². The van der Waals surface area contributed by atoms with Crippen molar-refractivity contribution < 1.29 is 37.3 Å². The molecule has 0 atom stereocenters. The lowest BCUT2D eigenvalue weighted by Gasteiger charge is -2.24. The Bertz CT molecular complexity index is 814. The Morgan fingerprint density at radius 2 is 1.02 bits per heavy atom. The second-order valence-corrected chi connectivity index (χ2v) is 12.7. The van der Waals surface area contributed by atoms with E-state index in [-0.39, 0.29) is 18.7 Å². The van der Waals surface area contributed by atoms with Gasteiger partial charge < -0.3 is 34.5 Å². The van der Waals surface area contributed by atoms with Gasteiger partial charge in [0, 0.05) is 47.5 Å². The summed E-state index contributed by atoms with van der Waals surface area (Å²) in [6.45, 7) is 2.55. The van der Waals surface area contributed by atoms with E-state index >= 15 is 0 Å². The Labute approximate surface area is 256 Å². The molecule has 0 heterocycles. The van der Waals surface area contributed by atoms with Gasteiger partial charge in [0.2, 0.25) is 12.2 Å². The van der Waals surface area contributed by atoms with E-state index in [1.165, 1.54) is 38.4 Å². The van der Waals surface area contributed by atoms with Gasteiger partial charge in [-0.1, -0.05) is 38.5 Å². The fourth-order valence-electron chi connectivity index (χ4n) is 3.97. The predicted molar refractivity (Wildman–Crippen MR) is 163 cm³/mol. The van der Waals surface area contributed by atoms with E-state index in [9.17, 15) is 24.0 Å². The molecule has 16 heteroatoms. The number of nitrogens with zero attached hydrogens (tertiary/aromatic N) is 3. The molecule has 0 radical (unpaired) electrons. The first-order chi connectivity index (χ1) is 20.9. The molecule has 0 unspecified atom stereocenters. The smallest absolute Gasteiger partial charge is 0.376 e. The van der Waals surface area contributed by atoms with Gasteiger partial charge >= 0.3 is 26.9 Å². The first-order valence-corrected chi connectivity index (χ1v) is 16.9. The Kier molecular flexibility index (Phi) is 25.7. The van der Waals surface area contributed by atoms with Crippen molar-refractivity contribution in [3.05, 3.63) is 0 Å². The number of hydrogen-bond acceptors (Lipinski definition) is 10. The van der Waals surface area contributed by atoms with E-state index < -0.39 is 20.9 Å². The first-order valence-electron chi connectivity index (χ1n) is 15.0. The van der Waals surface area contributed by atoms with Gasteiger partial charge in [0.05, 0.1) is 19.3 Å². The van der Waals surface area contributed by atoms with Gasteiger partial charge in [-0.3, -0.25) is 0 Å². The molecular weight excluding hydrogens is 578 g/mol. The Balaban J connectivity index is 4.47. The molecule has 0 aliphatic heterocycles. The van der Waals surface area contributed by atoms with Crippen LogP contribution in [0.4, 0.5) is 14.4 Å². The number of imide groups is 1. The van der Waals surface area contributed by atoms with Crippen LogP contribution in [0.15, 0.2) is 9.98 Å². The minimum atomic E-state index is -2.89. The van der Waals surface area contributed by atoms with Crippen LogP contribution in [0.25, 0.3) is 0 Å². The first kappa shape index (κ1) is 39.9. The van der Waals surface area contributed by atoms with Crippen molar-refractivity contribution in [2.75, 3.05) is 66.8 Å². The van der Waals surface area contributed by atoms with Gasteiger partial charge in [-0.05, 0) is 38.5 Å². The number of carbonyl (C=O) groups is 3. The molecule has 4 N–H and O–H groups in total. The topological polar surface area (TPSA) is 189 Å². The van der Waals surface area contributed by atoms with Crippen molar-refractivity contribution in [1.29, 1.82) is 0 Å². The van der Waals surface area contributed by atoms with E-state index in [0.717, 1.165) is 70.6 Å². The van der Waals surface area contributed by atoms with Gasteiger partial charge in [-0.15, -0.1) is 0 Å². The van der Waals surface area contributed by atoms with Crippen molar-refractivity contribution in [3.8, 4) is 0 Å². The van der Waals surface area contributed by atoms with E-state index in [1.807, 2.05) is 0 Å². The molecule has 0 aromatic carbocycles. The largest absolute Gasteiger partial charge is 0.520 e. The molecule has 0 rings (SSSR count). The Morgan fingerprint density at radius 1 is 0.605 bits per heavy atom. The standard InChI is InChI=1S/C27H51N7O8Si/c1-40-43(41-2,42-3)24-33-25(37)30-18-12-8-9-15-21-34(26(38)31-19-13-6-4-10-16-28-22-35)27(39)32-20-14-7-5-11-17-29-23-36/h4-21,24H2,1-3H3,(H,31,38)(H,32,39)(H2,30,33,37). The van der Waals surface area contributed by atoms with Crippen LogP contribution < -0.4 is 21.3 Å². The van der Waals surface area contributed by atoms with Crippen molar-refractivity contribution in [3.63, 3.8) is 0 Å². The van der Waals surface area contributed by atoms with Crippen LogP contribution in [-0.4, -0.2) is 111 Å². The number of amides is 6. The summed E-state index contributed by atoms with van der Waals surface area (Å²) in [4.78, 5) is 66.1. The summed E-state index contributed by atoms with van der Waals surface area (Å²) in [5, 5.41) is 11.1. The molecule has 43 heavy (non-hydrogen) atoms.